The lowest BCUT2D eigenvalue weighted by Gasteiger charge is -2.15. The van der Waals surface area contributed by atoms with Crippen molar-refractivity contribution >= 4 is 15.9 Å². The molecule has 1 rings (SSSR count). The van der Waals surface area contributed by atoms with Gasteiger partial charge in [0.05, 0.1) is 11.1 Å². The summed E-state index contributed by atoms with van der Waals surface area (Å²) in [4.78, 5) is 0. The van der Waals surface area contributed by atoms with Gasteiger partial charge in [0.15, 0.2) is 0 Å². The van der Waals surface area contributed by atoms with Crippen LogP contribution in [-0.2, 0) is 6.42 Å². The Kier molecular flexibility index (Phi) is 6.85. The fraction of sp³-hybridized carbons (Fsp3) is 0.467. The quantitative estimate of drug-likeness (QED) is 0.618. The fourth-order valence-corrected chi connectivity index (χ4v) is 2.17. The van der Waals surface area contributed by atoms with Gasteiger partial charge in [-0.2, -0.15) is 0 Å². The molecule has 0 radical (unpaired) electrons. The summed E-state index contributed by atoms with van der Waals surface area (Å²) in [6.07, 6.45) is 8.63. The van der Waals surface area contributed by atoms with Gasteiger partial charge in [-0.15, -0.1) is 12.3 Å². The first-order valence-electron chi connectivity index (χ1n) is 6.28. The lowest BCUT2D eigenvalue weighted by atomic mass is 10.0. The maximum absolute atomic E-state index is 6.00. The van der Waals surface area contributed by atoms with Gasteiger partial charge < -0.3 is 10.5 Å². The molecule has 0 fully saturated rings. The van der Waals surface area contributed by atoms with Crippen LogP contribution in [0.25, 0.3) is 0 Å². The molecular formula is C15H20BrNO. The van der Waals surface area contributed by atoms with Crippen LogP contribution >= 0.6 is 15.9 Å². The van der Waals surface area contributed by atoms with Crippen molar-refractivity contribution in [1.82, 2.24) is 0 Å². The van der Waals surface area contributed by atoms with Crippen LogP contribution in [0.15, 0.2) is 22.7 Å². The summed E-state index contributed by atoms with van der Waals surface area (Å²) in [5.74, 6) is 3.51. The molecule has 98 valence electrons. The molecule has 0 spiro atoms. The summed E-state index contributed by atoms with van der Waals surface area (Å²) >= 11 is 3.52. The summed E-state index contributed by atoms with van der Waals surface area (Å²) in [7, 11) is 0. The molecule has 2 N–H and O–H groups in total. The molecule has 0 bridgehead atoms. The van der Waals surface area contributed by atoms with E-state index >= 15 is 0 Å². The third-order valence-corrected chi connectivity index (χ3v) is 3.39. The van der Waals surface area contributed by atoms with E-state index in [-0.39, 0.29) is 6.04 Å². The normalized spacial score (nSPS) is 11.9. The van der Waals surface area contributed by atoms with E-state index < -0.39 is 0 Å². The summed E-state index contributed by atoms with van der Waals surface area (Å²) in [6.45, 7) is 2.73. The van der Waals surface area contributed by atoms with Crippen LogP contribution in [0.1, 0.15) is 31.7 Å². The average Bonchev–Trinajstić information content (AvgIpc) is 2.37. The molecule has 1 aromatic carbocycles. The molecule has 1 aromatic rings. The van der Waals surface area contributed by atoms with Gasteiger partial charge >= 0.3 is 0 Å². The smallest absolute Gasteiger partial charge is 0.136 e. The van der Waals surface area contributed by atoms with E-state index in [1.165, 1.54) is 0 Å². The Labute approximate surface area is 118 Å². The number of terminal acetylenes is 1. The number of para-hydroxylation sites is 1. The van der Waals surface area contributed by atoms with E-state index in [4.69, 9.17) is 16.9 Å². The molecule has 3 heteroatoms. The second-order valence-electron chi connectivity index (χ2n) is 4.26. The Morgan fingerprint density at radius 1 is 1.50 bits per heavy atom. The van der Waals surface area contributed by atoms with Crippen LogP contribution in [0, 0.1) is 12.3 Å². The maximum Gasteiger partial charge on any atom is 0.136 e. The highest BCUT2D eigenvalue weighted by molar-refractivity contribution is 9.10. The highest BCUT2D eigenvalue weighted by Gasteiger charge is 2.10. The van der Waals surface area contributed by atoms with Gasteiger partial charge in [0.1, 0.15) is 5.75 Å². The van der Waals surface area contributed by atoms with Crippen LogP contribution in [0.4, 0.5) is 0 Å². The second kappa shape index (κ2) is 8.18. The Balaban J connectivity index is 2.71. The number of halogens is 1. The molecule has 0 aromatic heterocycles. The summed E-state index contributed by atoms with van der Waals surface area (Å²) in [6, 6.07) is 6.23. The molecule has 1 atom stereocenters. The predicted molar refractivity (Wildman–Crippen MR) is 79.7 cm³/mol. The van der Waals surface area contributed by atoms with Crippen molar-refractivity contribution in [2.24, 2.45) is 5.73 Å². The van der Waals surface area contributed by atoms with E-state index in [1.807, 2.05) is 12.1 Å². The first-order chi connectivity index (χ1) is 8.69. The number of hydrogen-bond acceptors (Lipinski definition) is 2. The topological polar surface area (TPSA) is 35.2 Å². The van der Waals surface area contributed by atoms with E-state index in [9.17, 15) is 0 Å². The molecule has 0 heterocycles. The van der Waals surface area contributed by atoms with Crippen molar-refractivity contribution in [3.8, 4) is 18.1 Å². The van der Waals surface area contributed by atoms with E-state index in [1.54, 1.807) is 0 Å². The molecule has 0 aliphatic heterocycles. The summed E-state index contributed by atoms with van der Waals surface area (Å²) < 4.78 is 6.79. The van der Waals surface area contributed by atoms with Crippen molar-refractivity contribution in [2.75, 3.05) is 6.61 Å². The zero-order valence-corrected chi connectivity index (χ0v) is 12.4. The van der Waals surface area contributed by atoms with Crippen molar-refractivity contribution in [3.05, 3.63) is 28.2 Å². The van der Waals surface area contributed by atoms with Crippen LogP contribution in [0.2, 0.25) is 0 Å². The molecule has 0 amide bonds. The zero-order chi connectivity index (χ0) is 13.4. The van der Waals surface area contributed by atoms with Crippen LogP contribution in [0.5, 0.6) is 5.75 Å². The first kappa shape index (κ1) is 15.1. The van der Waals surface area contributed by atoms with Crippen LogP contribution < -0.4 is 10.5 Å². The van der Waals surface area contributed by atoms with Gasteiger partial charge in [-0.3, -0.25) is 0 Å². The molecule has 1 unspecified atom stereocenters. The highest BCUT2D eigenvalue weighted by Crippen LogP contribution is 2.30. The lowest BCUT2D eigenvalue weighted by Crippen LogP contribution is -2.21. The van der Waals surface area contributed by atoms with Crippen molar-refractivity contribution in [1.29, 1.82) is 0 Å². The van der Waals surface area contributed by atoms with Crippen LogP contribution in [0.3, 0.4) is 0 Å². The predicted octanol–water partition coefficient (Wildman–Crippen LogP) is 3.52. The Morgan fingerprint density at radius 2 is 2.28 bits per heavy atom. The van der Waals surface area contributed by atoms with Gasteiger partial charge in [-0.25, -0.2) is 0 Å². The molecule has 0 saturated heterocycles. The van der Waals surface area contributed by atoms with Crippen molar-refractivity contribution in [2.45, 2.75) is 38.6 Å². The largest absolute Gasteiger partial charge is 0.492 e. The van der Waals surface area contributed by atoms with Crippen LogP contribution in [-0.4, -0.2) is 12.6 Å². The standard InChI is InChI=1S/C15H20BrNO/c1-3-5-6-10-18-15-12(11-13(17)4-2)8-7-9-14(15)16/h1,7-9,13H,4-6,10-11,17H2,2H3. The number of hydrogen-bond donors (Lipinski definition) is 1. The molecule has 18 heavy (non-hydrogen) atoms. The Hall–Kier alpha value is -0.980. The van der Waals surface area contributed by atoms with Gasteiger partial charge in [0.2, 0.25) is 0 Å². The van der Waals surface area contributed by atoms with E-state index in [0.29, 0.717) is 6.61 Å². The maximum atomic E-state index is 6.00. The highest BCUT2D eigenvalue weighted by atomic mass is 79.9. The molecular weight excluding hydrogens is 290 g/mol. The third-order valence-electron chi connectivity index (χ3n) is 2.77. The number of nitrogens with two attached hydrogens (primary N) is 1. The average molecular weight is 310 g/mol. The van der Waals surface area contributed by atoms with Gasteiger partial charge in [0, 0.05) is 12.5 Å². The molecule has 0 aliphatic carbocycles. The number of benzene rings is 1. The monoisotopic (exact) mass is 309 g/mol. The van der Waals surface area contributed by atoms with Gasteiger partial charge in [-0.1, -0.05) is 19.1 Å². The number of unbranched alkanes of at least 4 members (excludes halogenated alkanes) is 1. The molecule has 0 aliphatic rings. The van der Waals surface area contributed by atoms with Crippen molar-refractivity contribution in [3.63, 3.8) is 0 Å². The van der Waals surface area contributed by atoms with E-state index in [2.05, 4.69) is 34.8 Å². The van der Waals surface area contributed by atoms with Gasteiger partial charge in [-0.05, 0) is 46.8 Å². The fourth-order valence-electron chi connectivity index (χ4n) is 1.65. The van der Waals surface area contributed by atoms with Crippen molar-refractivity contribution < 1.29 is 4.74 Å². The van der Waals surface area contributed by atoms with Gasteiger partial charge in [0.25, 0.3) is 0 Å². The number of rotatable bonds is 7. The second-order valence-corrected chi connectivity index (χ2v) is 5.11. The minimum atomic E-state index is 0.173. The number of ether oxygens (including phenoxy) is 1. The minimum Gasteiger partial charge on any atom is -0.492 e. The Morgan fingerprint density at radius 3 is 2.94 bits per heavy atom. The molecule has 2 nitrogen and oxygen atoms in total. The SMILES string of the molecule is C#CCCCOc1c(Br)cccc1CC(N)CC. The Bertz CT molecular complexity index is 411. The third kappa shape index (κ3) is 4.72. The lowest BCUT2D eigenvalue weighted by molar-refractivity contribution is 0.307. The van der Waals surface area contributed by atoms with E-state index in [0.717, 1.165) is 41.5 Å². The summed E-state index contributed by atoms with van der Waals surface area (Å²) in [5.41, 5.74) is 7.16. The zero-order valence-electron chi connectivity index (χ0n) is 10.8. The minimum absolute atomic E-state index is 0.173. The first-order valence-corrected chi connectivity index (χ1v) is 7.07. The summed E-state index contributed by atoms with van der Waals surface area (Å²) in [5, 5.41) is 0. The molecule has 0 saturated carbocycles.